The number of nitrogens with zero attached hydrogens (tertiary/aromatic N) is 1. The van der Waals surface area contributed by atoms with Crippen LogP contribution in [0.1, 0.15) is 0 Å². The molecule has 0 saturated heterocycles. The summed E-state index contributed by atoms with van der Waals surface area (Å²) in [6.07, 6.45) is 0. The first-order valence-corrected chi connectivity index (χ1v) is 17.1. The van der Waals surface area contributed by atoms with E-state index in [9.17, 15) is 0 Å². The van der Waals surface area contributed by atoms with E-state index in [4.69, 9.17) is 4.42 Å². The van der Waals surface area contributed by atoms with Gasteiger partial charge in [0.15, 0.2) is 0 Å². The second kappa shape index (κ2) is 11.5. The average Bonchev–Trinajstić information content (AvgIpc) is 3.58. The van der Waals surface area contributed by atoms with E-state index in [1.165, 1.54) is 60.0 Å². The second-order valence-electron chi connectivity index (χ2n) is 12.9. The number of rotatable bonds is 5. The lowest BCUT2D eigenvalue weighted by molar-refractivity contribution is 0.669. The molecule has 0 unspecified atom stereocenters. The Labute approximate surface area is 290 Å². The Hall–Kier alpha value is -6.64. The Balaban J connectivity index is 1.25. The van der Waals surface area contributed by atoms with Gasteiger partial charge in [-0.05, 0) is 92.3 Å². The first-order chi connectivity index (χ1) is 24.8. The van der Waals surface area contributed by atoms with E-state index in [2.05, 4.69) is 187 Å². The fourth-order valence-electron chi connectivity index (χ4n) is 7.77. The van der Waals surface area contributed by atoms with Gasteiger partial charge in [0, 0.05) is 32.9 Å². The maximum absolute atomic E-state index is 6.37. The Kier molecular flexibility index (Phi) is 6.53. The van der Waals surface area contributed by atoms with Gasteiger partial charge in [-0.15, -0.1) is 0 Å². The van der Waals surface area contributed by atoms with Crippen molar-refractivity contribution in [3.05, 3.63) is 188 Å². The summed E-state index contributed by atoms with van der Waals surface area (Å²) in [6, 6.07) is 67.4. The van der Waals surface area contributed by atoms with Crippen molar-refractivity contribution in [2.24, 2.45) is 0 Å². The van der Waals surface area contributed by atoms with Crippen LogP contribution in [-0.2, 0) is 0 Å². The molecule has 1 aromatic heterocycles. The highest BCUT2D eigenvalue weighted by molar-refractivity contribution is 6.36. The minimum atomic E-state index is 0.914. The van der Waals surface area contributed by atoms with Crippen molar-refractivity contribution in [2.45, 2.75) is 0 Å². The highest BCUT2D eigenvalue weighted by Crippen LogP contribution is 2.47. The van der Waals surface area contributed by atoms with E-state index in [0.29, 0.717) is 0 Å². The predicted octanol–water partition coefficient (Wildman–Crippen LogP) is 13.8. The zero-order valence-corrected chi connectivity index (χ0v) is 27.3. The lowest BCUT2D eigenvalue weighted by Gasteiger charge is -2.28. The molecule has 0 N–H and O–H groups in total. The maximum Gasteiger partial charge on any atom is 0.136 e. The van der Waals surface area contributed by atoms with E-state index in [1.807, 2.05) is 6.07 Å². The molecule has 10 rings (SSSR count). The molecule has 0 fully saturated rings. The Morgan fingerprint density at radius 3 is 1.34 bits per heavy atom. The molecule has 2 nitrogen and oxygen atoms in total. The van der Waals surface area contributed by atoms with E-state index < -0.39 is 0 Å². The summed E-state index contributed by atoms with van der Waals surface area (Å²) in [6.45, 7) is 0. The summed E-state index contributed by atoms with van der Waals surface area (Å²) >= 11 is 0. The van der Waals surface area contributed by atoms with Gasteiger partial charge in [-0.25, -0.2) is 0 Å². The van der Waals surface area contributed by atoms with E-state index in [0.717, 1.165) is 33.6 Å². The van der Waals surface area contributed by atoms with Gasteiger partial charge in [0.05, 0.1) is 5.69 Å². The molecule has 234 valence electrons. The average molecular weight is 638 g/mol. The molecule has 50 heavy (non-hydrogen) atoms. The lowest BCUT2D eigenvalue weighted by atomic mass is 9.90. The molecule has 2 heteroatoms. The van der Waals surface area contributed by atoms with Gasteiger partial charge in [0.1, 0.15) is 11.2 Å². The largest absolute Gasteiger partial charge is 0.456 e. The van der Waals surface area contributed by atoms with Crippen molar-refractivity contribution in [2.75, 3.05) is 4.90 Å². The Morgan fingerprint density at radius 2 is 0.740 bits per heavy atom. The molecule has 0 amide bonds. The normalized spacial score (nSPS) is 11.6. The van der Waals surface area contributed by atoms with Crippen LogP contribution in [0.15, 0.2) is 192 Å². The van der Waals surface area contributed by atoms with Crippen LogP contribution in [0, 0.1) is 0 Å². The monoisotopic (exact) mass is 637 g/mol. The van der Waals surface area contributed by atoms with Gasteiger partial charge >= 0.3 is 0 Å². The fraction of sp³-hybridized carbons (Fsp3) is 0. The molecule has 1 heterocycles. The van der Waals surface area contributed by atoms with Crippen molar-refractivity contribution in [3.63, 3.8) is 0 Å². The number of fused-ring (bicyclic) bond motifs is 10. The summed E-state index contributed by atoms with van der Waals surface area (Å²) in [4.78, 5) is 2.41. The molecule has 0 aliphatic heterocycles. The summed E-state index contributed by atoms with van der Waals surface area (Å²) in [5.74, 6) is 0. The molecule has 0 spiro atoms. The highest BCUT2D eigenvalue weighted by atomic mass is 16.3. The van der Waals surface area contributed by atoms with E-state index in [1.54, 1.807) is 0 Å². The number of hydrogen-bond donors (Lipinski definition) is 0. The molecule has 0 aliphatic carbocycles. The highest BCUT2D eigenvalue weighted by Gasteiger charge is 2.21. The van der Waals surface area contributed by atoms with Crippen LogP contribution in [0.2, 0.25) is 0 Å². The van der Waals surface area contributed by atoms with Crippen LogP contribution < -0.4 is 4.90 Å². The summed E-state index contributed by atoms with van der Waals surface area (Å²) in [7, 11) is 0. The second-order valence-corrected chi connectivity index (χ2v) is 12.9. The summed E-state index contributed by atoms with van der Waals surface area (Å²) in [5, 5.41) is 9.65. The van der Waals surface area contributed by atoms with Crippen LogP contribution in [0.4, 0.5) is 17.1 Å². The third kappa shape index (κ3) is 4.50. The van der Waals surface area contributed by atoms with Crippen molar-refractivity contribution in [3.8, 4) is 22.3 Å². The van der Waals surface area contributed by atoms with Gasteiger partial charge in [0.25, 0.3) is 0 Å². The van der Waals surface area contributed by atoms with E-state index in [-0.39, 0.29) is 0 Å². The zero-order valence-electron chi connectivity index (χ0n) is 27.3. The minimum Gasteiger partial charge on any atom is -0.456 e. The molecular formula is C48H31NO. The topological polar surface area (TPSA) is 16.4 Å². The third-order valence-corrected chi connectivity index (χ3v) is 10.0. The van der Waals surface area contributed by atoms with Crippen LogP contribution in [-0.4, -0.2) is 0 Å². The summed E-state index contributed by atoms with van der Waals surface area (Å²) < 4.78 is 6.37. The number of hydrogen-bond acceptors (Lipinski definition) is 2. The Bertz CT molecular complexity index is 2720. The molecule has 0 saturated carbocycles. The van der Waals surface area contributed by atoms with Crippen LogP contribution >= 0.6 is 0 Å². The maximum atomic E-state index is 6.37. The first kappa shape index (κ1) is 28.4. The lowest BCUT2D eigenvalue weighted by Crippen LogP contribution is -2.10. The van der Waals surface area contributed by atoms with Gasteiger partial charge in [-0.1, -0.05) is 140 Å². The van der Waals surface area contributed by atoms with Gasteiger partial charge in [-0.3, -0.25) is 0 Å². The van der Waals surface area contributed by atoms with Gasteiger partial charge in [0.2, 0.25) is 0 Å². The SMILES string of the molecule is c1ccc(-c2ccc(N(c3ccc(-c4ccccc4)cc3)c3cccc4c5ccc6oc7ccccc7c6c5c5ccccc5c34)cc2)cc1. The predicted molar refractivity (Wildman–Crippen MR) is 212 cm³/mol. The van der Waals surface area contributed by atoms with Crippen LogP contribution in [0.5, 0.6) is 0 Å². The Morgan fingerprint density at radius 1 is 0.280 bits per heavy atom. The zero-order chi connectivity index (χ0) is 33.0. The van der Waals surface area contributed by atoms with Gasteiger partial charge in [-0.2, -0.15) is 0 Å². The van der Waals surface area contributed by atoms with E-state index >= 15 is 0 Å². The van der Waals surface area contributed by atoms with Crippen LogP contribution in [0.25, 0.3) is 76.5 Å². The summed E-state index contributed by atoms with van der Waals surface area (Å²) in [5.41, 5.74) is 9.97. The molecule has 10 aromatic rings. The number of anilines is 3. The number of para-hydroxylation sites is 1. The first-order valence-electron chi connectivity index (χ1n) is 17.1. The van der Waals surface area contributed by atoms with Crippen molar-refractivity contribution >= 4 is 71.3 Å². The van der Waals surface area contributed by atoms with Crippen molar-refractivity contribution < 1.29 is 4.42 Å². The molecule has 0 aliphatic rings. The van der Waals surface area contributed by atoms with Crippen molar-refractivity contribution in [1.82, 2.24) is 0 Å². The number of furan rings is 1. The van der Waals surface area contributed by atoms with Crippen molar-refractivity contribution in [1.29, 1.82) is 0 Å². The minimum absolute atomic E-state index is 0.914. The quantitative estimate of drug-likeness (QED) is 0.175. The molecular weight excluding hydrogens is 607 g/mol. The molecule has 0 atom stereocenters. The van der Waals surface area contributed by atoms with Gasteiger partial charge < -0.3 is 9.32 Å². The van der Waals surface area contributed by atoms with Crippen LogP contribution in [0.3, 0.4) is 0 Å². The fourth-order valence-corrected chi connectivity index (χ4v) is 7.77. The third-order valence-electron chi connectivity index (χ3n) is 10.0. The molecule has 0 radical (unpaired) electrons. The molecule has 9 aromatic carbocycles. The molecule has 0 bridgehead atoms. The standard InChI is InChI=1S/C48H31NO/c1-3-12-32(13-4-1)34-22-26-36(27-23-34)49(37-28-24-35(25-29-37)33-14-5-2-6-15-33)43-20-11-19-39-41-30-31-45-48(42-18-9-10-21-44(42)50-45)47(41)40-17-8-7-16-38(40)46(39)43/h1-31H. The smallest absolute Gasteiger partial charge is 0.136 e. The number of benzene rings is 9.